The topological polar surface area (TPSA) is 113 Å². The highest BCUT2D eigenvalue weighted by molar-refractivity contribution is 7.86. The van der Waals surface area contributed by atoms with Gasteiger partial charge >= 0.3 is 0 Å². The second-order valence-corrected chi connectivity index (χ2v) is 12.4. The molecule has 2 rings (SSSR count). The van der Waals surface area contributed by atoms with Crippen LogP contribution >= 0.6 is 0 Å². The molecule has 0 radical (unpaired) electrons. The van der Waals surface area contributed by atoms with E-state index in [1.165, 1.54) is 87.7 Å². The lowest BCUT2D eigenvalue weighted by Gasteiger charge is -2.10. The fourth-order valence-corrected chi connectivity index (χ4v) is 5.26. The minimum Gasteiger partial charge on any atom is -0.335 e. The van der Waals surface area contributed by atoms with Crippen molar-refractivity contribution in [3.63, 3.8) is 0 Å². The number of rotatable bonds is 16. The van der Waals surface area contributed by atoms with Crippen LogP contribution in [-0.2, 0) is 26.7 Å². The molecule has 1 fully saturated rings. The van der Waals surface area contributed by atoms with Crippen LogP contribution in [0.25, 0.3) is 0 Å². The Labute approximate surface area is 207 Å². The lowest BCUT2D eigenvalue weighted by Crippen LogP contribution is -3.10. The van der Waals surface area contributed by atoms with Gasteiger partial charge in [0.25, 0.3) is 20.2 Å². The molecule has 1 saturated heterocycles. The van der Waals surface area contributed by atoms with Crippen molar-refractivity contribution >= 4 is 20.2 Å². The summed E-state index contributed by atoms with van der Waals surface area (Å²) in [6, 6.07) is 6.52. The number of quaternary nitrogens is 1. The van der Waals surface area contributed by atoms with Crippen molar-refractivity contribution in [2.75, 3.05) is 25.4 Å². The molecule has 0 aliphatic carbocycles. The maximum atomic E-state index is 10.9. The van der Waals surface area contributed by atoms with Gasteiger partial charge in [-0.05, 0) is 30.5 Å². The van der Waals surface area contributed by atoms with Gasteiger partial charge in [-0.2, -0.15) is 16.8 Å². The van der Waals surface area contributed by atoms with Crippen molar-refractivity contribution in [3.8, 4) is 0 Å². The molecule has 7 nitrogen and oxygen atoms in total. The number of hydrogen-bond donors (Lipinski definition) is 3. The third-order valence-electron chi connectivity index (χ3n) is 6.28. The molecule has 0 aromatic heterocycles. The van der Waals surface area contributed by atoms with Crippen molar-refractivity contribution in [2.45, 2.75) is 102 Å². The summed E-state index contributed by atoms with van der Waals surface area (Å²) in [7, 11) is -7.79. The SMILES string of the molecule is CCCCCCCCCCCCc1ccc(S(=O)(=O)O)cc1.O=S(=O)(O)CCC[NH+]1CCCC1. The Morgan fingerprint density at radius 2 is 1.24 bits per heavy atom. The van der Waals surface area contributed by atoms with Crippen LogP contribution in [0.15, 0.2) is 29.2 Å². The van der Waals surface area contributed by atoms with Gasteiger partial charge in [-0.15, -0.1) is 0 Å². The average Bonchev–Trinajstić information content (AvgIpc) is 3.28. The summed E-state index contributed by atoms with van der Waals surface area (Å²) >= 11 is 0. The van der Waals surface area contributed by atoms with Crippen LogP contribution in [0.3, 0.4) is 0 Å². The first kappa shape index (κ1) is 31.0. The molecule has 0 unspecified atom stereocenters. The van der Waals surface area contributed by atoms with Gasteiger partial charge in [-0.3, -0.25) is 9.11 Å². The summed E-state index contributed by atoms with van der Waals surface area (Å²) in [5.74, 6) is -0.0868. The van der Waals surface area contributed by atoms with E-state index in [9.17, 15) is 16.8 Å². The summed E-state index contributed by atoms with van der Waals surface area (Å²) < 4.78 is 60.0. The highest BCUT2D eigenvalue weighted by Crippen LogP contribution is 2.14. The molecular weight excluding hydrogens is 474 g/mol. The predicted octanol–water partition coefficient (Wildman–Crippen LogP) is 4.34. The minimum atomic E-state index is -4.06. The normalized spacial score (nSPS) is 14.7. The molecule has 0 bridgehead atoms. The third kappa shape index (κ3) is 16.6. The zero-order valence-electron chi connectivity index (χ0n) is 20.9. The fraction of sp³-hybridized carbons (Fsp3) is 0.760. The van der Waals surface area contributed by atoms with E-state index in [1.807, 2.05) is 0 Å². The number of nitrogens with one attached hydrogen (secondary N) is 1. The lowest BCUT2D eigenvalue weighted by molar-refractivity contribution is -0.887. The first-order chi connectivity index (χ1) is 16.1. The molecule has 1 aliphatic rings. The van der Waals surface area contributed by atoms with Gasteiger partial charge in [0.2, 0.25) is 0 Å². The van der Waals surface area contributed by atoms with E-state index in [1.54, 1.807) is 12.1 Å². The van der Waals surface area contributed by atoms with Crippen LogP contribution in [0, 0.1) is 0 Å². The zero-order chi connectivity index (χ0) is 25.3. The van der Waals surface area contributed by atoms with E-state index in [-0.39, 0.29) is 10.6 Å². The fourth-order valence-electron chi connectivity index (χ4n) is 4.27. The largest absolute Gasteiger partial charge is 0.335 e. The molecule has 0 spiro atoms. The minimum absolute atomic E-state index is 0.0284. The summed E-state index contributed by atoms with van der Waals surface area (Å²) in [5, 5.41) is 0. The molecule has 34 heavy (non-hydrogen) atoms. The van der Waals surface area contributed by atoms with Crippen LogP contribution < -0.4 is 4.90 Å². The van der Waals surface area contributed by atoms with Crippen molar-refractivity contribution in [1.29, 1.82) is 0 Å². The van der Waals surface area contributed by atoms with Crippen LogP contribution in [0.5, 0.6) is 0 Å². The Morgan fingerprint density at radius 3 is 1.71 bits per heavy atom. The number of benzene rings is 1. The highest BCUT2D eigenvalue weighted by Gasteiger charge is 2.15. The van der Waals surface area contributed by atoms with E-state index in [0.717, 1.165) is 38.0 Å². The molecular formula is C25H46NO6S2+. The van der Waals surface area contributed by atoms with E-state index >= 15 is 0 Å². The average molecular weight is 521 g/mol. The summed E-state index contributed by atoms with van der Waals surface area (Å²) in [6.07, 6.45) is 17.2. The van der Waals surface area contributed by atoms with Gasteiger partial charge in [0, 0.05) is 19.3 Å². The van der Waals surface area contributed by atoms with Gasteiger partial charge < -0.3 is 4.90 Å². The smallest absolute Gasteiger partial charge is 0.294 e. The second-order valence-electron chi connectivity index (χ2n) is 9.40. The summed E-state index contributed by atoms with van der Waals surface area (Å²) in [4.78, 5) is 1.44. The first-order valence-corrected chi connectivity index (χ1v) is 16.0. The van der Waals surface area contributed by atoms with Crippen molar-refractivity contribution in [3.05, 3.63) is 29.8 Å². The quantitative estimate of drug-likeness (QED) is 0.221. The van der Waals surface area contributed by atoms with Crippen molar-refractivity contribution < 1.29 is 30.8 Å². The Hall–Kier alpha value is -1.00. The Morgan fingerprint density at radius 1 is 0.735 bits per heavy atom. The monoisotopic (exact) mass is 520 g/mol. The number of likely N-dealkylation sites (tertiary alicyclic amines) is 1. The van der Waals surface area contributed by atoms with Crippen molar-refractivity contribution in [1.82, 2.24) is 0 Å². The second kappa shape index (κ2) is 17.4. The van der Waals surface area contributed by atoms with Gasteiger partial charge in [0.1, 0.15) is 0 Å². The third-order valence-corrected chi connectivity index (χ3v) is 7.96. The van der Waals surface area contributed by atoms with Gasteiger partial charge in [0.15, 0.2) is 0 Å². The Balaban J connectivity index is 0.000000404. The van der Waals surface area contributed by atoms with E-state index in [0.29, 0.717) is 6.42 Å². The van der Waals surface area contributed by atoms with Crippen molar-refractivity contribution in [2.24, 2.45) is 0 Å². The van der Waals surface area contributed by atoms with E-state index in [4.69, 9.17) is 9.11 Å². The number of hydrogen-bond acceptors (Lipinski definition) is 4. The molecule has 1 aromatic rings. The van der Waals surface area contributed by atoms with Crippen LogP contribution in [0.2, 0.25) is 0 Å². The lowest BCUT2D eigenvalue weighted by atomic mass is 10.0. The maximum Gasteiger partial charge on any atom is 0.294 e. The number of unbranched alkanes of at least 4 members (excludes halogenated alkanes) is 9. The van der Waals surface area contributed by atoms with Gasteiger partial charge in [-0.25, -0.2) is 0 Å². The first-order valence-electron chi connectivity index (χ1n) is 13.0. The van der Waals surface area contributed by atoms with Crippen LogP contribution in [0.1, 0.15) is 96.0 Å². The van der Waals surface area contributed by atoms with Gasteiger partial charge in [-0.1, -0.05) is 76.8 Å². The molecule has 1 aliphatic heterocycles. The van der Waals surface area contributed by atoms with Gasteiger partial charge in [0.05, 0.1) is 30.3 Å². The molecule has 3 N–H and O–H groups in total. The summed E-state index contributed by atoms with van der Waals surface area (Å²) in [5.41, 5.74) is 1.13. The molecule has 0 atom stereocenters. The molecule has 0 saturated carbocycles. The van der Waals surface area contributed by atoms with Crippen LogP contribution in [0.4, 0.5) is 0 Å². The zero-order valence-corrected chi connectivity index (χ0v) is 22.5. The predicted molar refractivity (Wildman–Crippen MR) is 138 cm³/mol. The van der Waals surface area contributed by atoms with E-state index in [2.05, 4.69) is 6.92 Å². The van der Waals surface area contributed by atoms with Crippen LogP contribution in [-0.4, -0.2) is 51.3 Å². The molecule has 1 aromatic carbocycles. The van der Waals surface area contributed by atoms with E-state index < -0.39 is 20.2 Å². The molecule has 0 amide bonds. The highest BCUT2D eigenvalue weighted by atomic mass is 32.2. The Bertz CT molecular complexity index is 848. The summed E-state index contributed by atoms with van der Waals surface area (Å²) in [6.45, 7) is 5.44. The molecule has 1 heterocycles. The Kier molecular flexibility index (Phi) is 15.9. The molecule has 198 valence electrons. The standard InChI is InChI=1S/C18H30O3S.C7H15NO3S/c1-2-3-4-5-6-7-8-9-10-11-12-17-13-15-18(16-14-17)22(19,20)21;9-12(10,11)7-3-6-8-4-1-2-5-8/h13-16H,2-12H2,1H3,(H,19,20,21);1-7H2,(H,9,10,11)/p+1. The number of aryl methyl sites for hydroxylation is 1. The maximum absolute atomic E-state index is 10.9. The molecule has 9 heteroatoms.